The third-order valence-corrected chi connectivity index (χ3v) is 7.37. The van der Waals surface area contributed by atoms with Gasteiger partial charge in [0.25, 0.3) is 0 Å². The van der Waals surface area contributed by atoms with Crippen molar-refractivity contribution in [2.24, 2.45) is 11.8 Å². The lowest BCUT2D eigenvalue weighted by atomic mass is 10.1. The Morgan fingerprint density at radius 1 is 0.492 bits per heavy atom. The van der Waals surface area contributed by atoms with E-state index in [0.717, 1.165) is 64.6 Å². The van der Waals surface area contributed by atoms with Gasteiger partial charge in [0.05, 0.1) is 67.5 Å². The van der Waals surface area contributed by atoms with Crippen LogP contribution in [-0.2, 0) is 37.9 Å². The lowest BCUT2D eigenvalue weighted by Gasteiger charge is -2.14. The number of hydrogen-bond acceptors (Lipinski definition) is 17. The summed E-state index contributed by atoms with van der Waals surface area (Å²) in [5, 5.41) is 66.6. The second-order valence-corrected chi connectivity index (χ2v) is 13.2. The summed E-state index contributed by atoms with van der Waals surface area (Å²) in [5.41, 5.74) is 0. The van der Waals surface area contributed by atoms with Gasteiger partial charge in [-0.3, -0.25) is 10.1 Å². The van der Waals surface area contributed by atoms with Crippen molar-refractivity contribution in [3.8, 4) is 42.5 Å². The molecule has 0 aliphatic carbocycles. The van der Waals surface area contributed by atoms with Gasteiger partial charge in [-0.1, -0.05) is 48.0 Å². The zero-order valence-electron chi connectivity index (χ0n) is 41.4. The number of nitro groups is 1. The fraction of sp³-hybridized carbons (Fsp3) is 0.844. The summed E-state index contributed by atoms with van der Waals surface area (Å²) in [5.74, 6) is 0.736. The molecule has 0 aromatic carbocycles. The highest BCUT2D eigenvalue weighted by atomic mass is 16.6. The molecule has 0 saturated carbocycles. The van der Waals surface area contributed by atoms with Crippen LogP contribution >= 0.6 is 0 Å². The third kappa shape index (κ3) is 89.4. The first kappa shape index (κ1) is 75.9. The van der Waals surface area contributed by atoms with Crippen LogP contribution in [0.2, 0.25) is 0 Å². The molecule has 0 aliphatic rings. The average molecular weight is 897 g/mol. The summed E-state index contributed by atoms with van der Waals surface area (Å²) in [6.07, 6.45) is 10.5. The Labute approximate surface area is 382 Å². The van der Waals surface area contributed by atoms with Crippen molar-refractivity contribution >= 4 is 0 Å². The smallest absolute Gasteiger partial charge is 0.226 e. The highest BCUT2D eigenvalue weighted by molar-refractivity contribution is 4.85. The summed E-state index contributed by atoms with van der Waals surface area (Å²) >= 11 is 0. The van der Waals surface area contributed by atoms with E-state index in [-0.39, 0.29) is 37.6 Å². The van der Waals surface area contributed by atoms with E-state index in [2.05, 4.69) is 27.7 Å². The number of nitrogens with zero attached hydrogens (tertiary/aromatic N) is 8. The maximum absolute atomic E-state index is 9.48. The highest BCUT2D eigenvalue weighted by Gasteiger charge is 2.10. The number of methoxy groups -OCH3 is 8. The lowest BCUT2D eigenvalue weighted by molar-refractivity contribution is -0.483. The predicted octanol–water partition coefficient (Wildman–Crippen LogP) is 8.90. The van der Waals surface area contributed by atoms with Crippen LogP contribution < -0.4 is 0 Å². The van der Waals surface area contributed by atoms with Gasteiger partial charge >= 0.3 is 0 Å². The summed E-state index contributed by atoms with van der Waals surface area (Å²) in [4.78, 5) is 9.07. The van der Waals surface area contributed by atoms with Crippen LogP contribution in [0.3, 0.4) is 0 Å². The molecule has 0 rings (SSSR count). The molecule has 364 valence electrons. The summed E-state index contributed by atoms with van der Waals surface area (Å²) in [6, 6.07) is 14.3. The van der Waals surface area contributed by atoms with Crippen molar-refractivity contribution in [1.82, 2.24) is 0 Å². The van der Waals surface area contributed by atoms with Crippen molar-refractivity contribution in [2.75, 3.05) is 89.9 Å². The molecule has 63 heavy (non-hydrogen) atoms. The molecule has 0 fully saturated rings. The number of rotatable bonds is 25. The monoisotopic (exact) mass is 897 g/mol. The van der Waals surface area contributed by atoms with Crippen LogP contribution in [0, 0.1) is 101 Å². The molecule has 0 radical (unpaired) electrons. The molecule has 0 aromatic rings. The van der Waals surface area contributed by atoms with E-state index in [1.165, 1.54) is 14.2 Å². The molecule has 18 heteroatoms. The normalized spacial score (nSPS) is 10.8. The minimum absolute atomic E-state index is 0.101. The molecule has 0 aromatic heterocycles. The second kappa shape index (κ2) is 74.9. The standard InChI is InChI=1S/2C7H13NO.3C6H11NO.2C5H9NO.C3H7NO3/c1-6(2)7(9-3)4-5-8;1-9-7-5-3-2-4-6-8;1-5(2)6(4-7)8-3;1-8-6-4-2-3-5-7;1-3-6(8-2)4-5-7;1-7-5-3-2-4-6;1-3-5(4-6)7-2;1-7-3-2-4(5)6/h6-7H,4H2,1-3H3;2-5,7H2,1H3;5-6H,1-3H3;2-4,6H2,1H3;6H,3-4H2,1-2H3;2-3,5H2,1H3;5H,3H2,1-2H3;2-3H2,1H3. The summed E-state index contributed by atoms with van der Waals surface area (Å²) in [7, 11) is 12.8. The van der Waals surface area contributed by atoms with Crippen LogP contribution in [0.1, 0.15) is 125 Å². The SMILES string of the molecule is CCC(C#N)OC.CCC(CC#N)OC.COC(C#N)C(C)C.COC(CC#N)C(C)C.COCCCC#N.COCCCCC#N.COCCCCCC#N.COCC[N+](=O)[O-]. The minimum Gasteiger partial charge on any atom is -0.385 e. The number of nitriles is 7. The first-order valence-electron chi connectivity index (χ1n) is 21.0. The first-order valence-corrected chi connectivity index (χ1v) is 21.0. The van der Waals surface area contributed by atoms with E-state index in [9.17, 15) is 10.1 Å². The van der Waals surface area contributed by atoms with Gasteiger partial charge in [0.15, 0.2) is 0 Å². The maximum atomic E-state index is 9.48. The molecule has 0 heterocycles. The Bertz CT molecular complexity index is 1190. The van der Waals surface area contributed by atoms with E-state index < -0.39 is 4.92 Å². The topological polar surface area (TPSA) is 284 Å². The molecule has 0 saturated heterocycles. The van der Waals surface area contributed by atoms with E-state index >= 15 is 0 Å². The van der Waals surface area contributed by atoms with E-state index in [1.54, 1.807) is 42.7 Å². The van der Waals surface area contributed by atoms with E-state index in [4.69, 9.17) is 65.3 Å². The lowest BCUT2D eigenvalue weighted by Crippen LogP contribution is -2.16. The number of unbranched alkanes of at least 4 members (excludes halogenated alkanes) is 6. The summed E-state index contributed by atoms with van der Waals surface area (Å²) < 4.78 is 38.2. The molecule has 4 atom stereocenters. The number of ether oxygens (including phenoxy) is 8. The van der Waals surface area contributed by atoms with E-state index in [1.807, 2.05) is 65.8 Å². The van der Waals surface area contributed by atoms with Gasteiger partial charge in [0.2, 0.25) is 6.54 Å². The van der Waals surface area contributed by atoms with Crippen molar-refractivity contribution in [1.29, 1.82) is 36.8 Å². The Kier molecular flexibility index (Phi) is 90.2. The fourth-order valence-electron chi connectivity index (χ4n) is 3.50. The Hall–Kier alpha value is -4.49. The number of hydrogen-bond donors (Lipinski definition) is 0. The maximum Gasteiger partial charge on any atom is 0.226 e. The zero-order chi connectivity index (χ0) is 50.4. The van der Waals surface area contributed by atoms with Gasteiger partial charge in [0.1, 0.15) is 18.8 Å². The average Bonchev–Trinajstić information content (AvgIpc) is 3.28. The quantitative estimate of drug-likeness (QED) is 0.0469. The molecular formula is C45H84N8O10. The van der Waals surface area contributed by atoms with Gasteiger partial charge in [-0.2, -0.15) is 36.8 Å². The Morgan fingerprint density at radius 2 is 0.937 bits per heavy atom. The van der Waals surface area contributed by atoms with Gasteiger partial charge < -0.3 is 37.9 Å². The van der Waals surface area contributed by atoms with Crippen molar-refractivity contribution in [2.45, 2.75) is 149 Å². The van der Waals surface area contributed by atoms with Crippen molar-refractivity contribution in [3.05, 3.63) is 10.1 Å². The van der Waals surface area contributed by atoms with Gasteiger partial charge in [-0.05, 0) is 56.8 Å². The molecule has 0 N–H and O–H groups in total. The molecule has 0 bridgehead atoms. The minimum atomic E-state index is -0.413. The molecule has 18 nitrogen and oxygen atoms in total. The molecule has 0 aliphatic heterocycles. The molecule has 0 amide bonds. The first-order chi connectivity index (χ1) is 30.1. The van der Waals surface area contributed by atoms with Gasteiger partial charge in [-0.15, -0.1) is 0 Å². The van der Waals surface area contributed by atoms with Gasteiger partial charge in [-0.25, -0.2) is 0 Å². The molecule has 4 unspecified atom stereocenters. The largest absolute Gasteiger partial charge is 0.385 e. The van der Waals surface area contributed by atoms with Crippen LogP contribution in [0.15, 0.2) is 0 Å². The zero-order valence-corrected chi connectivity index (χ0v) is 41.4. The van der Waals surface area contributed by atoms with Crippen molar-refractivity contribution < 1.29 is 42.8 Å². The van der Waals surface area contributed by atoms with Crippen LogP contribution in [0.5, 0.6) is 0 Å². The molecular weight excluding hydrogens is 813 g/mol. The van der Waals surface area contributed by atoms with Gasteiger partial charge in [0, 0.05) is 101 Å². The third-order valence-electron chi connectivity index (χ3n) is 7.37. The highest BCUT2D eigenvalue weighted by Crippen LogP contribution is 2.08. The van der Waals surface area contributed by atoms with Crippen LogP contribution in [0.25, 0.3) is 0 Å². The van der Waals surface area contributed by atoms with Crippen LogP contribution in [-0.4, -0.2) is 119 Å². The summed E-state index contributed by atoms with van der Waals surface area (Å²) in [6.45, 7) is 14.3. The van der Waals surface area contributed by atoms with E-state index in [0.29, 0.717) is 50.5 Å². The predicted molar refractivity (Wildman–Crippen MR) is 243 cm³/mol. The second-order valence-electron chi connectivity index (χ2n) is 13.2. The van der Waals surface area contributed by atoms with Crippen molar-refractivity contribution in [3.63, 3.8) is 0 Å². The van der Waals surface area contributed by atoms with Crippen LogP contribution in [0.4, 0.5) is 0 Å². The Balaban J connectivity index is -0.0000000916. The molecule has 0 spiro atoms. The fourth-order valence-corrected chi connectivity index (χ4v) is 3.50. The Morgan fingerprint density at radius 3 is 1.14 bits per heavy atom.